The molecule has 0 aliphatic heterocycles. The second-order valence-electron chi connectivity index (χ2n) is 3.34. The van der Waals surface area contributed by atoms with Crippen LogP contribution < -0.4 is 0 Å². The van der Waals surface area contributed by atoms with Gasteiger partial charge in [0.15, 0.2) is 0 Å². The SMILES string of the molecule is Cc1sc(CCl)nc1CC(C)C. The fourth-order valence-corrected chi connectivity index (χ4v) is 2.15. The first-order valence-electron chi connectivity index (χ1n) is 4.14. The second-order valence-corrected chi connectivity index (χ2v) is 4.90. The molecule has 0 saturated carbocycles. The van der Waals surface area contributed by atoms with Crippen LogP contribution in [0.5, 0.6) is 0 Å². The van der Waals surface area contributed by atoms with E-state index in [1.54, 1.807) is 11.3 Å². The van der Waals surface area contributed by atoms with E-state index >= 15 is 0 Å². The van der Waals surface area contributed by atoms with Crippen LogP contribution in [0.1, 0.15) is 29.4 Å². The van der Waals surface area contributed by atoms with Crippen molar-refractivity contribution in [2.45, 2.75) is 33.1 Å². The topological polar surface area (TPSA) is 12.9 Å². The molecule has 1 heterocycles. The summed E-state index contributed by atoms with van der Waals surface area (Å²) in [7, 11) is 0. The maximum Gasteiger partial charge on any atom is 0.108 e. The monoisotopic (exact) mass is 203 g/mol. The Bertz CT molecular complexity index is 255. The molecular weight excluding hydrogens is 190 g/mol. The van der Waals surface area contributed by atoms with Crippen LogP contribution in [0, 0.1) is 12.8 Å². The number of alkyl halides is 1. The maximum atomic E-state index is 5.70. The highest BCUT2D eigenvalue weighted by Gasteiger charge is 2.07. The van der Waals surface area contributed by atoms with Crippen molar-refractivity contribution in [2.75, 3.05) is 0 Å². The number of hydrogen-bond donors (Lipinski definition) is 0. The van der Waals surface area contributed by atoms with Crippen LogP contribution in [0.25, 0.3) is 0 Å². The van der Waals surface area contributed by atoms with Crippen LogP contribution in [0.3, 0.4) is 0 Å². The first-order valence-corrected chi connectivity index (χ1v) is 5.49. The van der Waals surface area contributed by atoms with Gasteiger partial charge in [-0.05, 0) is 19.3 Å². The van der Waals surface area contributed by atoms with Crippen molar-refractivity contribution in [3.05, 3.63) is 15.6 Å². The van der Waals surface area contributed by atoms with Crippen molar-refractivity contribution in [1.82, 2.24) is 4.98 Å². The van der Waals surface area contributed by atoms with Gasteiger partial charge in [-0.25, -0.2) is 4.98 Å². The average Bonchev–Trinajstić information content (AvgIpc) is 2.31. The van der Waals surface area contributed by atoms with Gasteiger partial charge in [-0.15, -0.1) is 22.9 Å². The summed E-state index contributed by atoms with van der Waals surface area (Å²) in [6, 6.07) is 0. The van der Waals surface area contributed by atoms with Crippen molar-refractivity contribution in [2.24, 2.45) is 5.92 Å². The van der Waals surface area contributed by atoms with E-state index in [9.17, 15) is 0 Å². The number of aryl methyl sites for hydroxylation is 1. The molecule has 68 valence electrons. The van der Waals surface area contributed by atoms with Gasteiger partial charge in [0.2, 0.25) is 0 Å². The van der Waals surface area contributed by atoms with Gasteiger partial charge in [0.05, 0.1) is 11.6 Å². The molecule has 1 aromatic heterocycles. The molecule has 0 fully saturated rings. The number of nitrogens with zero attached hydrogens (tertiary/aromatic N) is 1. The van der Waals surface area contributed by atoms with E-state index in [1.807, 2.05) is 0 Å². The summed E-state index contributed by atoms with van der Waals surface area (Å²) in [5.74, 6) is 1.22. The zero-order valence-corrected chi connectivity index (χ0v) is 9.30. The molecule has 0 unspecified atom stereocenters. The lowest BCUT2D eigenvalue weighted by Crippen LogP contribution is -1.96. The fourth-order valence-electron chi connectivity index (χ4n) is 1.12. The van der Waals surface area contributed by atoms with Crippen LogP contribution in [-0.2, 0) is 12.3 Å². The number of hydrogen-bond acceptors (Lipinski definition) is 2. The zero-order chi connectivity index (χ0) is 9.14. The lowest BCUT2D eigenvalue weighted by Gasteiger charge is -2.00. The van der Waals surface area contributed by atoms with Gasteiger partial charge in [0.1, 0.15) is 5.01 Å². The Morgan fingerprint density at radius 3 is 2.58 bits per heavy atom. The van der Waals surface area contributed by atoms with E-state index in [1.165, 1.54) is 10.6 Å². The molecule has 12 heavy (non-hydrogen) atoms. The highest BCUT2D eigenvalue weighted by atomic mass is 35.5. The summed E-state index contributed by atoms with van der Waals surface area (Å²) in [5.41, 5.74) is 1.23. The average molecular weight is 204 g/mol. The first-order chi connectivity index (χ1) is 5.63. The van der Waals surface area contributed by atoms with Crippen molar-refractivity contribution in [3.8, 4) is 0 Å². The minimum Gasteiger partial charge on any atom is -0.245 e. The highest BCUT2D eigenvalue weighted by Crippen LogP contribution is 2.21. The summed E-state index contributed by atoms with van der Waals surface area (Å²) in [6.07, 6.45) is 1.07. The number of aromatic nitrogens is 1. The summed E-state index contributed by atoms with van der Waals surface area (Å²) in [5, 5.41) is 1.05. The Balaban J connectivity index is 2.77. The maximum absolute atomic E-state index is 5.70. The van der Waals surface area contributed by atoms with Gasteiger partial charge in [-0.2, -0.15) is 0 Å². The zero-order valence-electron chi connectivity index (χ0n) is 7.72. The van der Waals surface area contributed by atoms with E-state index in [0.717, 1.165) is 11.4 Å². The highest BCUT2D eigenvalue weighted by molar-refractivity contribution is 7.11. The minimum absolute atomic E-state index is 0.545. The molecule has 1 nitrogen and oxygen atoms in total. The smallest absolute Gasteiger partial charge is 0.108 e. The van der Waals surface area contributed by atoms with Crippen LogP contribution in [0.2, 0.25) is 0 Å². The second kappa shape index (κ2) is 4.24. The third kappa shape index (κ3) is 2.46. The molecule has 3 heteroatoms. The van der Waals surface area contributed by atoms with Crippen LogP contribution in [-0.4, -0.2) is 4.98 Å². The molecule has 0 aliphatic rings. The van der Waals surface area contributed by atoms with Gasteiger partial charge in [-0.3, -0.25) is 0 Å². The van der Waals surface area contributed by atoms with Gasteiger partial charge in [0, 0.05) is 4.88 Å². The summed E-state index contributed by atoms with van der Waals surface area (Å²) < 4.78 is 0. The molecular formula is C9H14ClNS. The normalized spacial score (nSPS) is 11.1. The van der Waals surface area contributed by atoms with Gasteiger partial charge >= 0.3 is 0 Å². The van der Waals surface area contributed by atoms with E-state index in [0.29, 0.717) is 11.8 Å². The Morgan fingerprint density at radius 1 is 1.50 bits per heavy atom. The fraction of sp³-hybridized carbons (Fsp3) is 0.667. The van der Waals surface area contributed by atoms with Crippen LogP contribution in [0.15, 0.2) is 0 Å². The number of thiazole rings is 1. The first kappa shape index (κ1) is 10.0. The summed E-state index contributed by atoms with van der Waals surface area (Å²) in [4.78, 5) is 5.77. The van der Waals surface area contributed by atoms with Gasteiger partial charge < -0.3 is 0 Å². The predicted octanol–water partition coefficient (Wildman–Crippen LogP) is 3.39. The molecule has 1 rings (SSSR count). The number of rotatable bonds is 3. The largest absolute Gasteiger partial charge is 0.245 e. The van der Waals surface area contributed by atoms with Crippen LogP contribution in [0.4, 0.5) is 0 Å². The lowest BCUT2D eigenvalue weighted by molar-refractivity contribution is 0.635. The van der Waals surface area contributed by atoms with E-state index < -0.39 is 0 Å². The number of halogens is 1. The Hall–Kier alpha value is -0.0800. The van der Waals surface area contributed by atoms with E-state index in [2.05, 4.69) is 25.8 Å². The standard InChI is InChI=1S/C9H14ClNS/c1-6(2)4-8-7(3)12-9(5-10)11-8/h6H,4-5H2,1-3H3. The van der Waals surface area contributed by atoms with Crippen molar-refractivity contribution in [1.29, 1.82) is 0 Å². The molecule has 0 aromatic carbocycles. The van der Waals surface area contributed by atoms with Crippen molar-refractivity contribution < 1.29 is 0 Å². The van der Waals surface area contributed by atoms with Gasteiger partial charge in [-0.1, -0.05) is 13.8 Å². The molecule has 0 aliphatic carbocycles. The molecule has 0 N–H and O–H groups in total. The van der Waals surface area contributed by atoms with Crippen molar-refractivity contribution >= 4 is 22.9 Å². The third-order valence-electron chi connectivity index (χ3n) is 1.65. The molecule has 0 radical (unpaired) electrons. The summed E-state index contributed by atoms with van der Waals surface area (Å²) >= 11 is 7.41. The molecule has 0 bridgehead atoms. The predicted molar refractivity (Wildman–Crippen MR) is 55.0 cm³/mol. The molecule has 0 amide bonds. The molecule has 0 saturated heterocycles. The van der Waals surface area contributed by atoms with Gasteiger partial charge in [0.25, 0.3) is 0 Å². The van der Waals surface area contributed by atoms with Crippen molar-refractivity contribution in [3.63, 3.8) is 0 Å². The van der Waals surface area contributed by atoms with E-state index in [-0.39, 0.29) is 0 Å². The molecule has 1 aromatic rings. The Kier molecular flexibility index (Phi) is 3.53. The Labute approximate surface area is 82.8 Å². The Morgan fingerprint density at radius 2 is 2.17 bits per heavy atom. The third-order valence-corrected chi connectivity index (χ3v) is 3.08. The summed E-state index contributed by atoms with van der Waals surface area (Å²) in [6.45, 7) is 6.53. The van der Waals surface area contributed by atoms with E-state index in [4.69, 9.17) is 11.6 Å². The quantitative estimate of drug-likeness (QED) is 0.687. The molecule has 0 spiro atoms. The van der Waals surface area contributed by atoms with Crippen LogP contribution >= 0.6 is 22.9 Å². The molecule has 0 atom stereocenters. The minimum atomic E-state index is 0.545. The lowest BCUT2D eigenvalue weighted by atomic mass is 10.1.